The summed E-state index contributed by atoms with van der Waals surface area (Å²) in [6.07, 6.45) is 9.26. The topological polar surface area (TPSA) is 102 Å². The molecule has 1 aromatic rings. The first-order chi connectivity index (χ1) is 12.7. The Hall–Kier alpha value is -0.750. The van der Waals surface area contributed by atoms with E-state index in [-0.39, 0.29) is 13.2 Å². The number of phosphoric ester groups is 1. The van der Waals surface area contributed by atoms with Crippen molar-refractivity contribution in [2.45, 2.75) is 76.4 Å². The minimum Gasteiger partial charge on any atom is -0.369 e. The highest BCUT2D eigenvalue weighted by molar-refractivity contribution is 7.46. The molecule has 1 heterocycles. The lowest BCUT2D eigenvalue weighted by molar-refractivity contribution is 0.0138. The van der Waals surface area contributed by atoms with Gasteiger partial charge in [-0.1, -0.05) is 63.3 Å². The van der Waals surface area contributed by atoms with Gasteiger partial charge in [0.05, 0.1) is 24.4 Å². The van der Waals surface area contributed by atoms with Crippen molar-refractivity contribution in [3.63, 3.8) is 0 Å². The van der Waals surface area contributed by atoms with Crippen molar-refractivity contribution in [3.8, 4) is 0 Å². The second kappa shape index (κ2) is 9.64. The zero-order chi connectivity index (χ0) is 20.0. The van der Waals surface area contributed by atoms with E-state index < -0.39 is 19.0 Å². The van der Waals surface area contributed by atoms with E-state index >= 15 is 0 Å². The molecule has 1 aliphatic rings. The molecule has 6 nitrogen and oxygen atoms in total. The number of hydrogen-bond donors (Lipinski definition) is 3. The Kier molecular flexibility index (Phi) is 8.05. The van der Waals surface area contributed by atoms with Gasteiger partial charge in [-0.3, -0.25) is 4.52 Å². The molecule has 154 valence electrons. The Morgan fingerprint density at radius 3 is 2.41 bits per heavy atom. The van der Waals surface area contributed by atoms with Gasteiger partial charge in [-0.15, -0.1) is 0 Å². The number of nitrogens with two attached hydrogens (primary N) is 1. The SMILES string of the molecule is CCCCCCCCc1ccc(C2(C)C[C@@](N)(COP(=O)(O)O)CO2)cc1. The Labute approximate surface area is 162 Å². The van der Waals surface area contributed by atoms with E-state index in [1.54, 1.807) is 0 Å². The molecule has 0 radical (unpaired) electrons. The number of hydrogen-bond acceptors (Lipinski definition) is 4. The first-order valence-corrected chi connectivity index (χ1v) is 11.4. The molecule has 7 heteroatoms. The first kappa shape index (κ1) is 22.5. The van der Waals surface area contributed by atoms with E-state index in [4.69, 9.17) is 20.3 Å². The van der Waals surface area contributed by atoms with Crippen molar-refractivity contribution >= 4 is 7.82 Å². The van der Waals surface area contributed by atoms with Crippen molar-refractivity contribution in [2.24, 2.45) is 5.73 Å². The van der Waals surface area contributed by atoms with Crippen molar-refractivity contribution in [1.82, 2.24) is 0 Å². The van der Waals surface area contributed by atoms with E-state index in [1.165, 1.54) is 44.1 Å². The molecule has 1 unspecified atom stereocenters. The third kappa shape index (κ3) is 7.30. The number of aryl methyl sites for hydroxylation is 1. The molecule has 1 aromatic carbocycles. The number of phosphoric acid groups is 1. The predicted octanol–water partition coefficient (Wildman–Crippen LogP) is 4.03. The van der Waals surface area contributed by atoms with Gasteiger partial charge in [0, 0.05) is 6.42 Å². The second-order valence-corrected chi connectivity index (χ2v) is 9.28. The van der Waals surface area contributed by atoms with Crippen molar-refractivity contribution in [1.29, 1.82) is 0 Å². The smallest absolute Gasteiger partial charge is 0.369 e. The maximum absolute atomic E-state index is 10.9. The zero-order valence-corrected chi connectivity index (χ0v) is 17.4. The summed E-state index contributed by atoms with van der Waals surface area (Å²) in [6, 6.07) is 8.42. The highest BCUT2D eigenvalue weighted by Gasteiger charge is 2.46. The predicted molar refractivity (Wildman–Crippen MR) is 106 cm³/mol. The van der Waals surface area contributed by atoms with Crippen LogP contribution in [0, 0.1) is 0 Å². The Bertz CT molecular complexity index is 632. The van der Waals surface area contributed by atoms with Crippen molar-refractivity contribution in [2.75, 3.05) is 13.2 Å². The first-order valence-electron chi connectivity index (χ1n) is 9.88. The van der Waals surface area contributed by atoms with Crippen LogP contribution < -0.4 is 5.73 Å². The fourth-order valence-electron chi connectivity index (χ4n) is 3.70. The largest absolute Gasteiger partial charge is 0.469 e. The summed E-state index contributed by atoms with van der Waals surface area (Å²) in [7, 11) is -4.54. The zero-order valence-electron chi connectivity index (χ0n) is 16.5. The fourth-order valence-corrected chi connectivity index (χ4v) is 4.13. The van der Waals surface area contributed by atoms with Gasteiger partial charge in [0.1, 0.15) is 0 Å². The van der Waals surface area contributed by atoms with Crippen LogP contribution in [0.25, 0.3) is 0 Å². The molecule has 2 atom stereocenters. The quantitative estimate of drug-likeness (QED) is 0.383. The van der Waals surface area contributed by atoms with E-state index in [0.29, 0.717) is 6.42 Å². The summed E-state index contributed by atoms with van der Waals surface area (Å²) in [5, 5.41) is 0. The number of benzene rings is 1. The molecule has 1 saturated heterocycles. The molecular weight excluding hydrogens is 365 g/mol. The molecule has 0 saturated carbocycles. The lowest BCUT2D eigenvalue weighted by Gasteiger charge is -2.27. The maximum atomic E-state index is 10.9. The van der Waals surface area contributed by atoms with Crippen LogP contribution in [0.2, 0.25) is 0 Å². The summed E-state index contributed by atoms with van der Waals surface area (Å²) < 4.78 is 21.5. The average Bonchev–Trinajstić information content (AvgIpc) is 2.93. The van der Waals surface area contributed by atoms with E-state index in [0.717, 1.165) is 12.0 Å². The minimum atomic E-state index is -4.54. The third-order valence-electron chi connectivity index (χ3n) is 5.27. The normalized spacial score (nSPS) is 25.8. The summed E-state index contributed by atoms with van der Waals surface area (Å²) in [4.78, 5) is 17.8. The van der Waals surface area contributed by atoms with Crippen LogP contribution in [-0.2, 0) is 25.8 Å². The van der Waals surface area contributed by atoms with Crippen LogP contribution in [-0.4, -0.2) is 28.5 Å². The summed E-state index contributed by atoms with van der Waals surface area (Å²) >= 11 is 0. The molecule has 0 spiro atoms. The monoisotopic (exact) mass is 399 g/mol. The van der Waals surface area contributed by atoms with Crippen LogP contribution in [0.4, 0.5) is 0 Å². The van der Waals surface area contributed by atoms with Crippen LogP contribution in [0.3, 0.4) is 0 Å². The van der Waals surface area contributed by atoms with Gasteiger partial charge in [0.15, 0.2) is 0 Å². The molecular formula is C20H34NO5P. The summed E-state index contributed by atoms with van der Waals surface area (Å²) in [5.74, 6) is 0. The number of ether oxygens (including phenoxy) is 1. The lowest BCUT2D eigenvalue weighted by atomic mass is 9.85. The van der Waals surface area contributed by atoms with Crippen LogP contribution in [0.15, 0.2) is 24.3 Å². The average molecular weight is 399 g/mol. The Morgan fingerprint density at radius 1 is 1.15 bits per heavy atom. The van der Waals surface area contributed by atoms with Gasteiger partial charge >= 0.3 is 7.82 Å². The highest BCUT2D eigenvalue weighted by atomic mass is 31.2. The van der Waals surface area contributed by atoms with Gasteiger partial charge < -0.3 is 20.3 Å². The summed E-state index contributed by atoms with van der Waals surface area (Å²) in [6.45, 7) is 4.16. The minimum absolute atomic E-state index is 0.197. The second-order valence-electron chi connectivity index (χ2n) is 8.04. The van der Waals surface area contributed by atoms with Crippen molar-refractivity contribution < 1.29 is 23.6 Å². The molecule has 1 aliphatic heterocycles. The molecule has 0 aliphatic carbocycles. The van der Waals surface area contributed by atoms with Gasteiger partial charge in [0.25, 0.3) is 0 Å². The van der Waals surface area contributed by atoms with Crippen molar-refractivity contribution in [3.05, 3.63) is 35.4 Å². The number of rotatable bonds is 11. The maximum Gasteiger partial charge on any atom is 0.469 e. The molecule has 0 amide bonds. The molecule has 4 N–H and O–H groups in total. The van der Waals surface area contributed by atoms with Crippen LogP contribution >= 0.6 is 7.82 Å². The molecule has 2 rings (SSSR count). The third-order valence-corrected chi connectivity index (χ3v) is 5.74. The van der Waals surface area contributed by atoms with E-state index in [2.05, 4.69) is 35.7 Å². The molecule has 0 aromatic heterocycles. The van der Waals surface area contributed by atoms with Gasteiger partial charge in [-0.2, -0.15) is 0 Å². The molecule has 27 heavy (non-hydrogen) atoms. The summed E-state index contributed by atoms with van der Waals surface area (Å²) in [5.41, 5.74) is 7.09. The standard InChI is InChI=1S/C20H34NO5P/c1-3-4-5-6-7-8-9-17-10-12-18(13-11-17)19(2)14-20(21,15-25-19)16-26-27(22,23)24/h10-13H,3-9,14-16,21H2,1-2H3,(H2,22,23,24)/t19?,20-/m0/s1. The molecule has 1 fully saturated rings. The molecule has 0 bridgehead atoms. The lowest BCUT2D eigenvalue weighted by Crippen LogP contribution is -2.45. The Morgan fingerprint density at radius 2 is 1.78 bits per heavy atom. The van der Waals surface area contributed by atoms with E-state index in [1.807, 2.05) is 6.92 Å². The van der Waals surface area contributed by atoms with Gasteiger partial charge in [-0.05, 0) is 30.9 Å². The highest BCUT2D eigenvalue weighted by Crippen LogP contribution is 2.43. The number of unbranched alkanes of at least 4 members (excludes halogenated alkanes) is 5. The van der Waals surface area contributed by atoms with Gasteiger partial charge in [-0.25, -0.2) is 4.57 Å². The fraction of sp³-hybridized carbons (Fsp3) is 0.700. The van der Waals surface area contributed by atoms with Gasteiger partial charge in [0.2, 0.25) is 0 Å². The Balaban J connectivity index is 1.86. The van der Waals surface area contributed by atoms with E-state index in [9.17, 15) is 4.57 Å². The van der Waals surface area contributed by atoms with Crippen LogP contribution in [0.5, 0.6) is 0 Å². The van der Waals surface area contributed by atoms with Crippen LogP contribution in [0.1, 0.15) is 69.9 Å².